The fourth-order valence-corrected chi connectivity index (χ4v) is 2.29. The van der Waals surface area contributed by atoms with Gasteiger partial charge in [-0.25, -0.2) is 4.68 Å². The van der Waals surface area contributed by atoms with Gasteiger partial charge in [-0.3, -0.25) is 4.79 Å². The van der Waals surface area contributed by atoms with E-state index in [2.05, 4.69) is 20.3 Å². The molecule has 2 N–H and O–H groups in total. The van der Waals surface area contributed by atoms with Crippen LogP contribution < -0.4 is 5.73 Å². The smallest absolute Gasteiger partial charge is 0.323 e. The second kappa shape index (κ2) is 5.46. The molecule has 0 bridgehead atoms. The Labute approximate surface area is 103 Å². The van der Waals surface area contributed by atoms with E-state index in [0.717, 1.165) is 18.7 Å². The van der Waals surface area contributed by atoms with Crippen molar-refractivity contribution in [1.82, 2.24) is 20.2 Å². The summed E-state index contributed by atoms with van der Waals surface area (Å²) in [6, 6.07) is -0.120. The Morgan fingerprint density at radius 3 is 3.12 bits per heavy atom. The lowest BCUT2D eigenvalue weighted by atomic mass is 10.4. The molecule has 0 spiro atoms. The predicted molar refractivity (Wildman–Crippen MR) is 62.2 cm³/mol. The van der Waals surface area contributed by atoms with Gasteiger partial charge in [0.2, 0.25) is 0 Å². The van der Waals surface area contributed by atoms with Crippen LogP contribution in [0.2, 0.25) is 0 Å². The molecule has 1 fully saturated rings. The predicted octanol–water partition coefficient (Wildman–Crippen LogP) is -0.259. The number of rotatable bonds is 6. The minimum absolute atomic E-state index is 0.390. The van der Waals surface area contributed by atoms with Gasteiger partial charge in [0.25, 0.3) is 0 Å². The molecule has 1 atom stereocenters. The van der Waals surface area contributed by atoms with Crippen molar-refractivity contribution < 1.29 is 9.53 Å². The first-order valence-electron chi connectivity index (χ1n) is 5.40. The van der Waals surface area contributed by atoms with Crippen LogP contribution in [-0.4, -0.2) is 45.1 Å². The molecule has 0 aliphatic heterocycles. The number of nitrogens with two attached hydrogens (primary N) is 1. The van der Waals surface area contributed by atoms with E-state index >= 15 is 0 Å². The summed E-state index contributed by atoms with van der Waals surface area (Å²) in [6.45, 7) is 0. The van der Waals surface area contributed by atoms with E-state index in [0.29, 0.717) is 17.5 Å². The van der Waals surface area contributed by atoms with Crippen LogP contribution in [0.5, 0.6) is 0 Å². The SMILES string of the molecule is COC(=O)C(N)CSCc1nnnn1C1CC1. The lowest BCUT2D eigenvalue weighted by Crippen LogP contribution is -2.33. The third kappa shape index (κ3) is 3.16. The second-order valence-electron chi connectivity index (χ2n) is 3.92. The van der Waals surface area contributed by atoms with Gasteiger partial charge in [0.05, 0.1) is 18.9 Å². The topological polar surface area (TPSA) is 95.9 Å². The van der Waals surface area contributed by atoms with Crippen molar-refractivity contribution in [1.29, 1.82) is 0 Å². The van der Waals surface area contributed by atoms with E-state index < -0.39 is 6.04 Å². The van der Waals surface area contributed by atoms with Crippen LogP contribution in [0.15, 0.2) is 0 Å². The van der Waals surface area contributed by atoms with Crippen molar-refractivity contribution in [2.24, 2.45) is 5.73 Å². The van der Waals surface area contributed by atoms with Gasteiger partial charge in [0.1, 0.15) is 6.04 Å². The third-order valence-electron chi connectivity index (χ3n) is 2.49. The van der Waals surface area contributed by atoms with Gasteiger partial charge in [-0.2, -0.15) is 11.8 Å². The highest BCUT2D eigenvalue weighted by molar-refractivity contribution is 7.98. The van der Waals surface area contributed by atoms with Crippen LogP contribution in [-0.2, 0) is 15.3 Å². The lowest BCUT2D eigenvalue weighted by molar-refractivity contribution is -0.141. The fourth-order valence-electron chi connectivity index (χ4n) is 1.41. The molecule has 8 heteroatoms. The average Bonchev–Trinajstić information content (AvgIpc) is 3.08. The van der Waals surface area contributed by atoms with Crippen molar-refractivity contribution in [3.63, 3.8) is 0 Å². The Bertz CT molecular complexity index is 392. The number of hydrogen-bond acceptors (Lipinski definition) is 7. The summed E-state index contributed by atoms with van der Waals surface area (Å²) in [6.07, 6.45) is 2.29. The number of aromatic nitrogens is 4. The molecule has 7 nitrogen and oxygen atoms in total. The van der Waals surface area contributed by atoms with Gasteiger partial charge in [0.15, 0.2) is 5.82 Å². The number of nitrogens with zero attached hydrogens (tertiary/aromatic N) is 4. The molecule has 2 rings (SSSR count). The fraction of sp³-hybridized carbons (Fsp3) is 0.778. The zero-order valence-electron chi connectivity index (χ0n) is 9.57. The molecule has 17 heavy (non-hydrogen) atoms. The maximum atomic E-state index is 11.1. The van der Waals surface area contributed by atoms with Crippen LogP contribution in [0.1, 0.15) is 24.7 Å². The number of tetrazole rings is 1. The third-order valence-corrected chi connectivity index (χ3v) is 3.54. The Hall–Kier alpha value is -1.15. The van der Waals surface area contributed by atoms with Crippen molar-refractivity contribution >= 4 is 17.7 Å². The molecule has 0 aromatic carbocycles. The summed E-state index contributed by atoms with van der Waals surface area (Å²) in [4.78, 5) is 11.1. The van der Waals surface area contributed by atoms with Crippen molar-refractivity contribution in [3.05, 3.63) is 5.82 Å². The molecule has 94 valence electrons. The van der Waals surface area contributed by atoms with Crippen LogP contribution in [0.4, 0.5) is 0 Å². The molecule has 1 saturated carbocycles. The quantitative estimate of drug-likeness (QED) is 0.701. The van der Waals surface area contributed by atoms with Crippen LogP contribution in [0.25, 0.3) is 0 Å². The van der Waals surface area contributed by atoms with E-state index in [1.807, 2.05) is 4.68 Å². The Morgan fingerprint density at radius 1 is 1.71 bits per heavy atom. The summed E-state index contributed by atoms with van der Waals surface area (Å²) < 4.78 is 6.41. The Morgan fingerprint density at radius 2 is 2.47 bits per heavy atom. The Kier molecular flexibility index (Phi) is 3.95. The first-order chi connectivity index (χ1) is 8.22. The van der Waals surface area contributed by atoms with E-state index in [9.17, 15) is 4.79 Å². The maximum Gasteiger partial charge on any atom is 0.323 e. The van der Waals surface area contributed by atoms with Gasteiger partial charge in [-0.15, -0.1) is 5.10 Å². The highest BCUT2D eigenvalue weighted by Crippen LogP contribution is 2.34. The van der Waals surface area contributed by atoms with Crippen LogP contribution in [0.3, 0.4) is 0 Å². The largest absolute Gasteiger partial charge is 0.468 e. The number of esters is 1. The number of thioether (sulfide) groups is 1. The molecule has 1 aromatic heterocycles. The molecular weight excluding hydrogens is 242 g/mol. The molecule has 1 unspecified atom stereocenters. The van der Waals surface area contributed by atoms with Gasteiger partial charge in [-0.1, -0.05) is 0 Å². The zero-order valence-corrected chi connectivity index (χ0v) is 10.4. The number of hydrogen-bond donors (Lipinski definition) is 1. The lowest BCUT2D eigenvalue weighted by Gasteiger charge is -2.08. The van der Waals surface area contributed by atoms with Crippen molar-refractivity contribution in [3.8, 4) is 0 Å². The molecule has 1 aliphatic carbocycles. The van der Waals surface area contributed by atoms with Gasteiger partial charge < -0.3 is 10.5 Å². The molecule has 1 heterocycles. The first kappa shape index (κ1) is 12.3. The molecule has 0 amide bonds. The highest BCUT2D eigenvalue weighted by atomic mass is 32.2. The molecular formula is C9H15N5O2S. The van der Waals surface area contributed by atoms with E-state index in [-0.39, 0.29) is 5.97 Å². The van der Waals surface area contributed by atoms with Crippen molar-refractivity contribution in [2.75, 3.05) is 12.9 Å². The summed E-state index contributed by atoms with van der Waals surface area (Å²) in [7, 11) is 1.33. The van der Waals surface area contributed by atoms with Gasteiger partial charge in [-0.05, 0) is 23.3 Å². The van der Waals surface area contributed by atoms with Gasteiger partial charge >= 0.3 is 5.97 Å². The summed E-state index contributed by atoms with van der Waals surface area (Å²) in [5.74, 6) is 1.62. The maximum absolute atomic E-state index is 11.1. The molecule has 1 aliphatic rings. The molecule has 0 saturated heterocycles. The van der Waals surface area contributed by atoms with Crippen molar-refractivity contribution in [2.45, 2.75) is 30.7 Å². The number of methoxy groups -OCH3 is 1. The van der Waals surface area contributed by atoms with Gasteiger partial charge in [0, 0.05) is 5.75 Å². The Balaban J connectivity index is 1.78. The normalized spacial score (nSPS) is 16.8. The first-order valence-corrected chi connectivity index (χ1v) is 6.55. The van der Waals surface area contributed by atoms with Crippen LogP contribution in [0, 0.1) is 0 Å². The van der Waals surface area contributed by atoms with E-state index in [1.54, 1.807) is 0 Å². The minimum atomic E-state index is -0.588. The monoisotopic (exact) mass is 257 g/mol. The average molecular weight is 257 g/mol. The second-order valence-corrected chi connectivity index (χ2v) is 4.95. The molecule has 0 radical (unpaired) electrons. The molecule has 1 aromatic rings. The number of ether oxygens (including phenoxy) is 1. The summed E-state index contributed by atoms with van der Waals surface area (Å²) >= 11 is 1.53. The number of carbonyl (C=O) groups is 1. The van der Waals surface area contributed by atoms with E-state index in [4.69, 9.17) is 5.73 Å². The van der Waals surface area contributed by atoms with E-state index in [1.165, 1.54) is 18.9 Å². The minimum Gasteiger partial charge on any atom is -0.468 e. The van der Waals surface area contributed by atoms with Crippen LogP contribution >= 0.6 is 11.8 Å². The summed E-state index contributed by atoms with van der Waals surface area (Å²) in [5.41, 5.74) is 5.62. The standard InChI is InChI=1S/C9H15N5O2S/c1-16-9(15)7(10)4-17-5-8-11-12-13-14(8)6-2-3-6/h6-7H,2-5,10H2,1H3. The zero-order chi connectivity index (χ0) is 12.3. The number of carbonyl (C=O) groups excluding carboxylic acids is 1. The highest BCUT2D eigenvalue weighted by Gasteiger charge is 2.27. The summed E-state index contributed by atoms with van der Waals surface area (Å²) in [5, 5.41) is 11.6.